The number of rotatable bonds is 4. The Bertz CT molecular complexity index is 1160. The first-order valence-corrected chi connectivity index (χ1v) is 10.7. The minimum absolute atomic E-state index is 0.115. The van der Waals surface area contributed by atoms with Crippen LogP contribution in [0.5, 0.6) is 0 Å². The molecular weight excluding hydrogens is 393 g/mol. The average Bonchev–Trinajstić information content (AvgIpc) is 3.22. The number of aromatic nitrogens is 2. The zero-order valence-corrected chi connectivity index (χ0v) is 17.0. The van der Waals surface area contributed by atoms with Gasteiger partial charge in [-0.05, 0) is 61.4 Å². The van der Waals surface area contributed by atoms with Crippen LogP contribution in [-0.2, 0) is 11.3 Å². The summed E-state index contributed by atoms with van der Waals surface area (Å²) in [6, 6.07) is 7.07. The van der Waals surface area contributed by atoms with E-state index in [0.717, 1.165) is 30.3 Å². The molecule has 0 aliphatic carbocycles. The van der Waals surface area contributed by atoms with Gasteiger partial charge in [0.05, 0.1) is 11.2 Å². The van der Waals surface area contributed by atoms with Crippen LogP contribution in [-0.4, -0.2) is 32.5 Å². The summed E-state index contributed by atoms with van der Waals surface area (Å²) < 4.78 is 16.1. The van der Waals surface area contributed by atoms with Gasteiger partial charge < -0.3 is 4.90 Å². The Morgan fingerprint density at radius 2 is 1.93 bits per heavy atom. The van der Waals surface area contributed by atoms with E-state index in [1.54, 1.807) is 11.4 Å². The van der Waals surface area contributed by atoms with Crippen LogP contribution in [0.4, 0.5) is 4.39 Å². The van der Waals surface area contributed by atoms with Gasteiger partial charge in [0.25, 0.3) is 5.56 Å². The fourth-order valence-corrected chi connectivity index (χ4v) is 4.86. The van der Waals surface area contributed by atoms with Gasteiger partial charge in [0, 0.05) is 12.6 Å². The molecule has 1 aromatic carbocycles. The van der Waals surface area contributed by atoms with Crippen LogP contribution in [0.15, 0.2) is 45.3 Å². The number of fused-ring (bicyclic) bond motifs is 1. The summed E-state index contributed by atoms with van der Waals surface area (Å²) in [4.78, 5) is 41.1. The monoisotopic (exact) mass is 415 g/mol. The molecule has 0 spiro atoms. The summed E-state index contributed by atoms with van der Waals surface area (Å²) >= 11 is 1.22. The number of benzene rings is 1. The number of amides is 1. The molecule has 0 bridgehead atoms. The Balaban J connectivity index is 1.81. The highest BCUT2D eigenvalue weighted by Gasteiger charge is 2.27. The zero-order chi connectivity index (χ0) is 20.5. The van der Waals surface area contributed by atoms with Gasteiger partial charge in [0.1, 0.15) is 17.1 Å². The van der Waals surface area contributed by atoms with Crippen LogP contribution < -0.4 is 11.2 Å². The molecule has 2 aromatic heterocycles. The maximum Gasteiger partial charge on any atom is 0.336 e. The van der Waals surface area contributed by atoms with Crippen molar-refractivity contribution in [1.82, 2.24) is 14.0 Å². The summed E-state index contributed by atoms with van der Waals surface area (Å²) in [5, 5.41) is 1.73. The first-order chi connectivity index (χ1) is 14.0. The Hall–Kier alpha value is -2.74. The standard InChI is InChI=1S/C21H22FN3O3S/c1-2-15-5-3-4-11-23(15)18(26)13-24-17-10-12-29-19(17)20(27)25(21(24)28)16-8-6-14(22)7-9-16/h6-10,12,15H,2-5,11,13H2,1H3/t15-/m1/s1. The molecule has 8 heteroatoms. The van der Waals surface area contributed by atoms with Crippen LogP contribution in [0.25, 0.3) is 15.9 Å². The molecule has 0 N–H and O–H groups in total. The second-order valence-corrected chi connectivity index (χ2v) is 8.18. The maximum absolute atomic E-state index is 13.3. The van der Waals surface area contributed by atoms with Gasteiger partial charge in [-0.2, -0.15) is 0 Å². The molecule has 1 atom stereocenters. The molecule has 3 heterocycles. The molecule has 0 unspecified atom stereocenters. The Morgan fingerprint density at radius 1 is 1.17 bits per heavy atom. The van der Waals surface area contributed by atoms with E-state index >= 15 is 0 Å². The van der Waals surface area contributed by atoms with Gasteiger partial charge in [-0.1, -0.05) is 6.92 Å². The van der Waals surface area contributed by atoms with Crippen LogP contribution in [0.3, 0.4) is 0 Å². The van der Waals surface area contributed by atoms with E-state index in [2.05, 4.69) is 6.92 Å². The molecule has 1 aliphatic rings. The third-order valence-corrected chi connectivity index (χ3v) is 6.44. The first kappa shape index (κ1) is 19.6. The van der Waals surface area contributed by atoms with Crippen molar-refractivity contribution >= 4 is 27.5 Å². The maximum atomic E-state index is 13.3. The predicted molar refractivity (Wildman–Crippen MR) is 111 cm³/mol. The fourth-order valence-electron chi connectivity index (χ4n) is 4.04. The lowest BCUT2D eigenvalue weighted by Gasteiger charge is -2.35. The zero-order valence-electron chi connectivity index (χ0n) is 16.1. The van der Waals surface area contributed by atoms with Gasteiger partial charge in [0.2, 0.25) is 5.91 Å². The first-order valence-electron chi connectivity index (χ1n) is 9.79. The summed E-state index contributed by atoms with van der Waals surface area (Å²) in [5.41, 5.74) is -0.310. The lowest BCUT2D eigenvalue weighted by atomic mass is 10.00. The number of hydrogen-bond donors (Lipinski definition) is 0. The van der Waals surface area contributed by atoms with Gasteiger partial charge in [-0.25, -0.2) is 13.8 Å². The minimum Gasteiger partial charge on any atom is -0.338 e. The molecule has 29 heavy (non-hydrogen) atoms. The number of carbonyl (C=O) groups is 1. The molecule has 0 radical (unpaired) electrons. The molecule has 0 saturated carbocycles. The number of thiophene rings is 1. The van der Waals surface area contributed by atoms with Crippen molar-refractivity contribution in [3.63, 3.8) is 0 Å². The Kier molecular flexibility index (Phi) is 5.36. The number of halogens is 1. The van der Waals surface area contributed by atoms with Gasteiger partial charge in [-0.15, -0.1) is 11.3 Å². The Morgan fingerprint density at radius 3 is 2.66 bits per heavy atom. The largest absolute Gasteiger partial charge is 0.338 e. The third kappa shape index (κ3) is 3.53. The SMILES string of the molecule is CC[C@@H]1CCCCN1C(=O)Cn1c(=O)n(-c2ccc(F)cc2)c(=O)c2sccc21. The highest BCUT2D eigenvalue weighted by molar-refractivity contribution is 7.17. The molecular formula is C21H22FN3O3S. The predicted octanol–water partition coefficient (Wildman–Crippen LogP) is 3.14. The van der Waals surface area contributed by atoms with Crippen molar-refractivity contribution in [2.75, 3.05) is 6.54 Å². The quantitative estimate of drug-likeness (QED) is 0.658. The van der Waals surface area contributed by atoms with E-state index in [1.807, 2.05) is 4.90 Å². The van der Waals surface area contributed by atoms with E-state index in [4.69, 9.17) is 0 Å². The van der Waals surface area contributed by atoms with Gasteiger partial charge in [-0.3, -0.25) is 14.2 Å². The molecule has 6 nitrogen and oxygen atoms in total. The summed E-state index contributed by atoms with van der Waals surface area (Å²) in [7, 11) is 0. The third-order valence-electron chi connectivity index (χ3n) is 5.55. The smallest absolute Gasteiger partial charge is 0.336 e. The van der Waals surface area contributed by atoms with Crippen LogP contribution in [0.2, 0.25) is 0 Å². The molecule has 4 rings (SSSR count). The van der Waals surface area contributed by atoms with E-state index in [1.165, 1.54) is 40.2 Å². The van der Waals surface area contributed by atoms with Crippen molar-refractivity contribution in [3.8, 4) is 5.69 Å². The van der Waals surface area contributed by atoms with Crippen molar-refractivity contribution < 1.29 is 9.18 Å². The fraction of sp³-hybridized carbons (Fsp3) is 0.381. The van der Waals surface area contributed by atoms with Crippen LogP contribution in [0, 0.1) is 5.82 Å². The number of likely N-dealkylation sites (tertiary alicyclic amines) is 1. The van der Waals surface area contributed by atoms with Gasteiger partial charge >= 0.3 is 5.69 Å². The highest BCUT2D eigenvalue weighted by Crippen LogP contribution is 2.21. The number of nitrogens with zero attached hydrogens (tertiary/aromatic N) is 3. The normalized spacial score (nSPS) is 17.0. The summed E-state index contributed by atoms with van der Waals surface area (Å²) in [6.45, 7) is 2.63. The average molecular weight is 415 g/mol. The number of carbonyl (C=O) groups excluding carboxylic acids is 1. The Labute approximate surface area is 170 Å². The highest BCUT2D eigenvalue weighted by atomic mass is 32.1. The van der Waals surface area contributed by atoms with Gasteiger partial charge in [0.15, 0.2) is 0 Å². The summed E-state index contributed by atoms with van der Waals surface area (Å²) in [5.74, 6) is -0.569. The van der Waals surface area contributed by atoms with E-state index in [0.29, 0.717) is 16.8 Å². The summed E-state index contributed by atoms with van der Waals surface area (Å²) in [6.07, 6.45) is 3.91. The lowest BCUT2D eigenvalue weighted by Crippen LogP contribution is -2.47. The van der Waals surface area contributed by atoms with Crippen LogP contribution in [0.1, 0.15) is 32.6 Å². The minimum atomic E-state index is -0.592. The molecule has 1 aliphatic heterocycles. The van der Waals surface area contributed by atoms with E-state index in [-0.39, 0.29) is 24.2 Å². The van der Waals surface area contributed by atoms with Crippen molar-refractivity contribution in [2.24, 2.45) is 0 Å². The number of hydrogen-bond acceptors (Lipinski definition) is 4. The van der Waals surface area contributed by atoms with Crippen LogP contribution >= 0.6 is 11.3 Å². The van der Waals surface area contributed by atoms with E-state index in [9.17, 15) is 18.8 Å². The molecule has 1 amide bonds. The van der Waals surface area contributed by atoms with Crippen molar-refractivity contribution in [3.05, 3.63) is 62.4 Å². The molecule has 1 fully saturated rings. The van der Waals surface area contributed by atoms with Crippen molar-refractivity contribution in [1.29, 1.82) is 0 Å². The second kappa shape index (κ2) is 7.94. The molecule has 1 saturated heterocycles. The topological polar surface area (TPSA) is 64.3 Å². The molecule has 3 aromatic rings. The van der Waals surface area contributed by atoms with E-state index < -0.39 is 17.1 Å². The number of piperidine rings is 1. The lowest BCUT2D eigenvalue weighted by molar-refractivity contribution is -0.135. The molecule has 152 valence electrons. The second-order valence-electron chi connectivity index (χ2n) is 7.27. The van der Waals surface area contributed by atoms with Crippen molar-refractivity contribution in [2.45, 2.75) is 45.2 Å².